The summed E-state index contributed by atoms with van der Waals surface area (Å²) in [5.74, 6) is -0.778. The molecule has 0 atom stereocenters. The van der Waals surface area contributed by atoms with Crippen LogP contribution < -0.4 is 0 Å². The van der Waals surface area contributed by atoms with E-state index in [0.717, 1.165) is 4.47 Å². The van der Waals surface area contributed by atoms with Crippen molar-refractivity contribution in [3.63, 3.8) is 0 Å². The highest BCUT2D eigenvalue weighted by atomic mass is 79.9. The Balaban J connectivity index is 2.16. The van der Waals surface area contributed by atoms with Gasteiger partial charge in [-0.15, -0.1) is 0 Å². The second-order valence-corrected chi connectivity index (χ2v) is 9.12. The Bertz CT molecular complexity index is 1110. The quantitative estimate of drug-likeness (QED) is 0.494. The van der Waals surface area contributed by atoms with Gasteiger partial charge in [-0.3, -0.25) is 14.2 Å². The normalized spacial score (nSPS) is 11.7. The number of carbonyl (C=O) groups is 2. The Labute approximate surface area is 182 Å². The Morgan fingerprint density at radius 3 is 2.38 bits per heavy atom. The van der Waals surface area contributed by atoms with Crippen molar-refractivity contribution in [2.24, 2.45) is 0 Å². The van der Waals surface area contributed by atoms with Crippen molar-refractivity contribution in [3.8, 4) is 5.75 Å². The van der Waals surface area contributed by atoms with Crippen LogP contribution in [0.1, 0.15) is 42.4 Å². The Morgan fingerprint density at radius 1 is 1.17 bits per heavy atom. The third-order valence-corrected chi connectivity index (χ3v) is 5.27. The molecule has 5 nitrogen and oxygen atoms in total. The van der Waals surface area contributed by atoms with Gasteiger partial charge in [0.15, 0.2) is 0 Å². The largest absolute Gasteiger partial charge is 0.506 e. The summed E-state index contributed by atoms with van der Waals surface area (Å²) < 4.78 is 7.82. The fraction of sp³-hybridized carbons (Fsp3) is 0.273. The molecule has 0 spiro atoms. The molecule has 0 unspecified atom stereocenters. The molecule has 0 saturated heterocycles. The molecule has 7 heteroatoms. The molecular formula is C22H21BrClNO4. The van der Waals surface area contributed by atoms with Gasteiger partial charge in [0.05, 0.1) is 17.0 Å². The Kier molecular flexibility index (Phi) is 5.79. The number of phenols is 1. The van der Waals surface area contributed by atoms with Crippen molar-refractivity contribution in [2.75, 3.05) is 0 Å². The summed E-state index contributed by atoms with van der Waals surface area (Å²) in [5.41, 5.74) is 1.60. The smallest absolute Gasteiger partial charge is 0.310 e. The Hall–Kier alpha value is -2.31. The zero-order valence-corrected chi connectivity index (χ0v) is 18.9. The first-order valence-electron chi connectivity index (χ1n) is 9.02. The lowest BCUT2D eigenvalue weighted by atomic mass is 10.1. The number of aromatic nitrogens is 1. The molecule has 0 saturated carbocycles. The molecule has 0 bridgehead atoms. The predicted molar refractivity (Wildman–Crippen MR) is 117 cm³/mol. The number of nitrogens with zero attached hydrogens (tertiary/aromatic N) is 1. The second-order valence-electron chi connectivity index (χ2n) is 7.80. The van der Waals surface area contributed by atoms with Gasteiger partial charge >= 0.3 is 5.97 Å². The van der Waals surface area contributed by atoms with Crippen molar-refractivity contribution in [1.82, 2.24) is 4.57 Å². The molecule has 0 aliphatic heterocycles. The van der Waals surface area contributed by atoms with Gasteiger partial charge in [-0.1, -0.05) is 27.5 Å². The third-order valence-electron chi connectivity index (χ3n) is 4.44. The van der Waals surface area contributed by atoms with Crippen LogP contribution in [0.4, 0.5) is 0 Å². The van der Waals surface area contributed by atoms with Crippen LogP contribution in [0.15, 0.2) is 40.9 Å². The molecule has 3 rings (SSSR count). The van der Waals surface area contributed by atoms with E-state index in [4.69, 9.17) is 16.3 Å². The average Bonchev–Trinajstić information content (AvgIpc) is 2.85. The average molecular weight is 479 g/mol. The fourth-order valence-corrected chi connectivity index (χ4v) is 3.64. The fourth-order valence-electron chi connectivity index (χ4n) is 3.22. The number of aromatic hydroxyl groups is 1. The minimum absolute atomic E-state index is 0.0265. The van der Waals surface area contributed by atoms with Gasteiger partial charge in [-0.25, -0.2) is 0 Å². The summed E-state index contributed by atoms with van der Waals surface area (Å²) in [6.45, 7) is 7.15. The lowest BCUT2D eigenvalue weighted by molar-refractivity contribution is -0.153. The molecule has 3 aromatic rings. The van der Waals surface area contributed by atoms with Crippen molar-refractivity contribution in [3.05, 3.63) is 62.7 Å². The van der Waals surface area contributed by atoms with E-state index in [0.29, 0.717) is 27.7 Å². The second kappa shape index (κ2) is 7.84. The maximum atomic E-state index is 13.2. The topological polar surface area (TPSA) is 68.5 Å². The van der Waals surface area contributed by atoms with Crippen molar-refractivity contribution in [2.45, 2.75) is 39.7 Å². The van der Waals surface area contributed by atoms with Crippen LogP contribution in [0.3, 0.4) is 0 Å². The van der Waals surface area contributed by atoms with E-state index < -0.39 is 11.6 Å². The van der Waals surface area contributed by atoms with Crippen LogP contribution in [0.25, 0.3) is 10.9 Å². The Morgan fingerprint density at radius 2 is 1.79 bits per heavy atom. The van der Waals surface area contributed by atoms with Crippen molar-refractivity contribution in [1.29, 1.82) is 0 Å². The highest BCUT2D eigenvalue weighted by molar-refractivity contribution is 9.10. The van der Waals surface area contributed by atoms with E-state index in [-0.39, 0.29) is 23.1 Å². The molecule has 0 aliphatic carbocycles. The van der Waals surface area contributed by atoms with Crippen LogP contribution in [-0.4, -0.2) is 27.2 Å². The molecule has 1 heterocycles. The van der Waals surface area contributed by atoms with Gasteiger partial charge in [0.1, 0.15) is 11.4 Å². The molecule has 152 valence electrons. The van der Waals surface area contributed by atoms with Gasteiger partial charge in [-0.05, 0) is 69.7 Å². The molecular weight excluding hydrogens is 458 g/mol. The summed E-state index contributed by atoms with van der Waals surface area (Å²) in [4.78, 5) is 25.7. The van der Waals surface area contributed by atoms with Gasteiger partial charge in [0.25, 0.3) is 5.91 Å². The minimum atomic E-state index is -0.623. The zero-order chi connectivity index (χ0) is 21.5. The van der Waals surface area contributed by atoms with Crippen LogP contribution in [0.5, 0.6) is 5.75 Å². The van der Waals surface area contributed by atoms with Crippen LogP contribution in [0.2, 0.25) is 5.02 Å². The number of rotatable bonds is 3. The number of fused-ring (bicyclic) bond motifs is 1. The van der Waals surface area contributed by atoms with Crippen LogP contribution in [-0.2, 0) is 16.0 Å². The van der Waals surface area contributed by atoms with Crippen LogP contribution >= 0.6 is 27.5 Å². The first-order chi connectivity index (χ1) is 13.5. The van der Waals surface area contributed by atoms with E-state index in [2.05, 4.69) is 15.9 Å². The van der Waals surface area contributed by atoms with E-state index in [9.17, 15) is 14.7 Å². The highest BCUT2D eigenvalue weighted by Crippen LogP contribution is 2.35. The number of ether oxygens (including phenoxy) is 1. The number of phenolic OH excluding ortho intramolecular Hbond substituents is 1. The maximum absolute atomic E-state index is 13.2. The van der Waals surface area contributed by atoms with Gasteiger partial charge < -0.3 is 9.84 Å². The maximum Gasteiger partial charge on any atom is 0.310 e. The summed E-state index contributed by atoms with van der Waals surface area (Å²) in [6, 6.07) is 10.0. The molecule has 0 aliphatic rings. The summed E-state index contributed by atoms with van der Waals surface area (Å²) in [7, 11) is 0. The molecule has 29 heavy (non-hydrogen) atoms. The number of esters is 1. The molecule has 0 amide bonds. The molecule has 1 aromatic heterocycles. The standard InChI is InChI=1S/C22H21BrClNO4/c1-12-15(10-20(27)29-22(2,3)4)16-9-19(26)17(24)11-18(16)25(12)21(28)13-5-7-14(23)8-6-13/h5-9,11,26H,10H2,1-4H3. The van der Waals surface area contributed by atoms with Crippen molar-refractivity contribution >= 4 is 50.3 Å². The number of benzene rings is 2. The number of halogens is 2. The third kappa shape index (κ3) is 4.49. The predicted octanol–water partition coefficient (Wildman–Crippen LogP) is 5.64. The van der Waals surface area contributed by atoms with E-state index >= 15 is 0 Å². The first kappa shape index (κ1) is 21.4. The number of carbonyl (C=O) groups excluding carboxylic acids is 2. The minimum Gasteiger partial charge on any atom is -0.506 e. The van der Waals surface area contributed by atoms with E-state index in [1.54, 1.807) is 52.0 Å². The van der Waals surface area contributed by atoms with Gasteiger partial charge in [0, 0.05) is 21.1 Å². The zero-order valence-electron chi connectivity index (χ0n) is 16.5. The number of hydrogen-bond donors (Lipinski definition) is 1. The first-order valence-corrected chi connectivity index (χ1v) is 10.2. The summed E-state index contributed by atoms with van der Waals surface area (Å²) >= 11 is 9.48. The highest BCUT2D eigenvalue weighted by Gasteiger charge is 2.25. The summed E-state index contributed by atoms with van der Waals surface area (Å²) in [6.07, 6.45) is -0.0265. The molecule has 1 N–H and O–H groups in total. The summed E-state index contributed by atoms with van der Waals surface area (Å²) in [5, 5.41) is 10.8. The van der Waals surface area contributed by atoms with Gasteiger partial charge in [0.2, 0.25) is 0 Å². The molecule has 0 radical (unpaired) electrons. The SMILES string of the molecule is Cc1c(CC(=O)OC(C)(C)C)c2cc(O)c(Cl)cc2n1C(=O)c1ccc(Br)cc1. The lowest BCUT2D eigenvalue weighted by Crippen LogP contribution is -2.25. The number of hydrogen-bond acceptors (Lipinski definition) is 4. The molecule has 0 fully saturated rings. The lowest BCUT2D eigenvalue weighted by Gasteiger charge is -2.19. The monoisotopic (exact) mass is 477 g/mol. The van der Waals surface area contributed by atoms with E-state index in [1.807, 2.05) is 0 Å². The van der Waals surface area contributed by atoms with E-state index in [1.165, 1.54) is 16.7 Å². The molecule has 2 aromatic carbocycles. The van der Waals surface area contributed by atoms with Crippen LogP contribution in [0, 0.1) is 6.92 Å². The van der Waals surface area contributed by atoms with Gasteiger partial charge in [-0.2, -0.15) is 0 Å². The van der Waals surface area contributed by atoms with Crippen molar-refractivity contribution < 1.29 is 19.4 Å².